The zero-order chi connectivity index (χ0) is 13.0. The molecule has 0 amide bonds. The number of pyridine rings is 1. The van der Waals surface area contributed by atoms with Gasteiger partial charge in [0.25, 0.3) is 0 Å². The lowest BCUT2D eigenvalue weighted by Gasteiger charge is -2.04. The van der Waals surface area contributed by atoms with Gasteiger partial charge in [-0.1, -0.05) is 13.8 Å². The molecule has 96 valence electrons. The van der Waals surface area contributed by atoms with Crippen LogP contribution in [-0.4, -0.2) is 27.8 Å². The maximum absolute atomic E-state index is 5.62. The summed E-state index contributed by atoms with van der Waals surface area (Å²) < 4.78 is 5.62. The van der Waals surface area contributed by atoms with Crippen LogP contribution in [0.2, 0.25) is 0 Å². The second-order valence-electron chi connectivity index (χ2n) is 4.55. The first kappa shape index (κ1) is 12.7. The van der Waals surface area contributed by atoms with Gasteiger partial charge in [-0.25, -0.2) is 0 Å². The van der Waals surface area contributed by atoms with E-state index < -0.39 is 0 Å². The number of aryl methyl sites for hydroxylation is 1. The van der Waals surface area contributed by atoms with Crippen molar-refractivity contribution >= 4 is 0 Å². The van der Waals surface area contributed by atoms with Crippen molar-refractivity contribution in [3.63, 3.8) is 0 Å². The van der Waals surface area contributed by atoms with Gasteiger partial charge in [-0.2, -0.15) is 0 Å². The molecule has 0 unspecified atom stereocenters. The molecule has 0 atom stereocenters. The first-order valence-electron chi connectivity index (χ1n) is 6.14. The van der Waals surface area contributed by atoms with Crippen molar-refractivity contribution in [2.75, 3.05) is 6.54 Å². The number of hydrogen-bond donors (Lipinski definition) is 1. The van der Waals surface area contributed by atoms with Gasteiger partial charge in [0.2, 0.25) is 11.8 Å². The summed E-state index contributed by atoms with van der Waals surface area (Å²) in [5.41, 5.74) is 1.85. The molecule has 2 heterocycles. The molecule has 0 aliphatic heterocycles. The Kier molecular flexibility index (Phi) is 4.04. The molecular weight excluding hydrogens is 228 g/mol. The van der Waals surface area contributed by atoms with Crippen LogP contribution >= 0.6 is 0 Å². The molecule has 2 aromatic heterocycles. The van der Waals surface area contributed by atoms with Crippen molar-refractivity contribution < 1.29 is 4.42 Å². The van der Waals surface area contributed by atoms with Gasteiger partial charge < -0.3 is 9.73 Å². The lowest BCUT2D eigenvalue weighted by Crippen LogP contribution is -2.25. The van der Waals surface area contributed by atoms with E-state index in [9.17, 15) is 0 Å². The topological polar surface area (TPSA) is 63.8 Å². The number of nitrogens with one attached hydrogen (secondary N) is 1. The Balaban J connectivity index is 2.02. The SMILES string of the molecule is Cc1cc(-c2nnc(CCNC(C)C)o2)ccn1. The van der Waals surface area contributed by atoms with Crippen LogP contribution in [0.1, 0.15) is 25.4 Å². The van der Waals surface area contributed by atoms with Gasteiger partial charge in [0, 0.05) is 36.5 Å². The molecule has 1 N–H and O–H groups in total. The highest BCUT2D eigenvalue weighted by Gasteiger charge is 2.08. The van der Waals surface area contributed by atoms with Gasteiger partial charge in [-0.15, -0.1) is 10.2 Å². The van der Waals surface area contributed by atoms with Crippen LogP contribution in [0.15, 0.2) is 22.7 Å². The fourth-order valence-electron chi connectivity index (χ4n) is 1.62. The van der Waals surface area contributed by atoms with Crippen molar-refractivity contribution in [2.45, 2.75) is 33.2 Å². The molecule has 0 fully saturated rings. The number of rotatable bonds is 5. The Morgan fingerprint density at radius 2 is 2.17 bits per heavy atom. The lowest BCUT2D eigenvalue weighted by molar-refractivity contribution is 0.484. The van der Waals surface area contributed by atoms with Gasteiger partial charge in [0.15, 0.2) is 0 Å². The smallest absolute Gasteiger partial charge is 0.247 e. The molecule has 0 radical (unpaired) electrons. The maximum atomic E-state index is 5.62. The molecule has 0 saturated carbocycles. The zero-order valence-corrected chi connectivity index (χ0v) is 11.0. The first-order chi connectivity index (χ1) is 8.65. The summed E-state index contributed by atoms with van der Waals surface area (Å²) in [5, 5.41) is 11.4. The summed E-state index contributed by atoms with van der Waals surface area (Å²) >= 11 is 0. The molecule has 0 bridgehead atoms. The summed E-state index contributed by atoms with van der Waals surface area (Å²) in [6, 6.07) is 4.27. The van der Waals surface area contributed by atoms with E-state index in [-0.39, 0.29) is 0 Å². The molecule has 0 aromatic carbocycles. The highest BCUT2D eigenvalue weighted by atomic mass is 16.4. The Bertz CT molecular complexity index is 507. The summed E-state index contributed by atoms with van der Waals surface area (Å²) in [4.78, 5) is 4.14. The highest BCUT2D eigenvalue weighted by Crippen LogP contribution is 2.17. The maximum Gasteiger partial charge on any atom is 0.247 e. The molecule has 0 spiro atoms. The minimum absolute atomic E-state index is 0.468. The van der Waals surface area contributed by atoms with Gasteiger partial charge in [-0.3, -0.25) is 4.98 Å². The van der Waals surface area contributed by atoms with Crippen molar-refractivity contribution in [3.8, 4) is 11.5 Å². The molecule has 5 heteroatoms. The normalized spacial score (nSPS) is 11.1. The largest absolute Gasteiger partial charge is 0.421 e. The van der Waals surface area contributed by atoms with Crippen molar-refractivity contribution in [1.82, 2.24) is 20.5 Å². The summed E-state index contributed by atoms with van der Waals surface area (Å²) in [5.74, 6) is 1.22. The van der Waals surface area contributed by atoms with Crippen molar-refractivity contribution in [3.05, 3.63) is 29.9 Å². The predicted octanol–water partition coefficient (Wildman–Crippen LogP) is 1.98. The van der Waals surface area contributed by atoms with Crippen LogP contribution in [0.4, 0.5) is 0 Å². The molecule has 2 rings (SSSR count). The van der Waals surface area contributed by atoms with Gasteiger partial charge >= 0.3 is 0 Å². The summed E-state index contributed by atoms with van der Waals surface area (Å²) in [6.45, 7) is 7.00. The molecule has 0 saturated heterocycles. The average Bonchev–Trinajstić information content (AvgIpc) is 2.77. The monoisotopic (exact) mass is 246 g/mol. The predicted molar refractivity (Wildman–Crippen MR) is 69.1 cm³/mol. The zero-order valence-electron chi connectivity index (χ0n) is 11.0. The van der Waals surface area contributed by atoms with Gasteiger partial charge in [0.05, 0.1) is 0 Å². The van der Waals surface area contributed by atoms with Crippen LogP contribution < -0.4 is 5.32 Å². The molecule has 18 heavy (non-hydrogen) atoms. The Hall–Kier alpha value is -1.75. The number of hydrogen-bond acceptors (Lipinski definition) is 5. The van der Waals surface area contributed by atoms with Gasteiger partial charge in [-0.05, 0) is 19.1 Å². The fraction of sp³-hybridized carbons (Fsp3) is 0.462. The third-order valence-electron chi connectivity index (χ3n) is 2.50. The van der Waals surface area contributed by atoms with E-state index in [2.05, 4.69) is 34.3 Å². The molecular formula is C13H18N4O. The Morgan fingerprint density at radius 3 is 2.89 bits per heavy atom. The van der Waals surface area contributed by atoms with Crippen LogP contribution in [0.3, 0.4) is 0 Å². The van der Waals surface area contributed by atoms with E-state index in [4.69, 9.17) is 4.42 Å². The molecule has 5 nitrogen and oxygen atoms in total. The standard InChI is InChI=1S/C13H18N4O/c1-9(2)14-7-5-12-16-17-13(18-12)11-4-6-15-10(3)8-11/h4,6,8-9,14H,5,7H2,1-3H3. The highest BCUT2D eigenvalue weighted by molar-refractivity contribution is 5.52. The molecule has 0 aliphatic carbocycles. The Labute approximate surface area is 107 Å². The van der Waals surface area contributed by atoms with E-state index in [0.29, 0.717) is 17.8 Å². The number of aromatic nitrogens is 3. The van der Waals surface area contributed by atoms with Gasteiger partial charge in [0.1, 0.15) is 0 Å². The minimum atomic E-state index is 0.468. The minimum Gasteiger partial charge on any atom is -0.421 e. The first-order valence-corrected chi connectivity index (χ1v) is 6.14. The van der Waals surface area contributed by atoms with Crippen LogP contribution in [0.25, 0.3) is 11.5 Å². The fourth-order valence-corrected chi connectivity index (χ4v) is 1.62. The van der Waals surface area contributed by atoms with Crippen LogP contribution in [0, 0.1) is 6.92 Å². The van der Waals surface area contributed by atoms with Crippen molar-refractivity contribution in [1.29, 1.82) is 0 Å². The van der Waals surface area contributed by atoms with Crippen LogP contribution in [0.5, 0.6) is 0 Å². The molecule has 0 aliphatic rings. The van der Waals surface area contributed by atoms with E-state index >= 15 is 0 Å². The summed E-state index contributed by atoms with van der Waals surface area (Å²) in [7, 11) is 0. The lowest BCUT2D eigenvalue weighted by atomic mass is 10.2. The second kappa shape index (κ2) is 5.73. The van der Waals surface area contributed by atoms with E-state index in [1.54, 1.807) is 6.20 Å². The number of nitrogens with zero attached hydrogens (tertiary/aromatic N) is 3. The molecule has 2 aromatic rings. The Morgan fingerprint density at radius 1 is 1.33 bits per heavy atom. The van der Waals surface area contributed by atoms with Crippen molar-refractivity contribution in [2.24, 2.45) is 0 Å². The summed E-state index contributed by atoms with van der Waals surface area (Å²) in [6.07, 6.45) is 2.49. The van der Waals surface area contributed by atoms with Crippen LogP contribution in [-0.2, 0) is 6.42 Å². The van der Waals surface area contributed by atoms with E-state index in [1.165, 1.54) is 0 Å². The third-order valence-corrected chi connectivity index (χ3v) is 2.50. The van der Waals surface area contributed by atoms with E-state index in [1.807, 2.05) is 19.1 Å². The van der Waals surface area contributed by atoms with E-state index in [0.717, 1.165) is 24.2 Å². The quantitative estimate of drug-likeness (QED) is 0.874. The average molecular weight is 246 g/mol. The second-order valence-corrected chi connectivity index (χ2v) is 4.55. The third kappa shape index (κ3) is 3.37.